The van der Waals surface area contributed by atoms with Crippen molar-refractivity contribution in [3.8, 4) is 5.82 Å². The van der Waals surface area contributed by atoms with E-state index < -0.39 is 0 Å². The number of hydrogen-bond donors (Lipinski definition) is 1. The van der Waals surface area contributed by atoms with Crippen LogP contribution in [0.3, 0.4) is 0 Å². The summed E-state index contributed by atoms with van der Waals surface area (Å²) in [6.45, 7) is 2.61. The molecule has 86 valence electrons. The molecule has 0 unspecified atom stereocenters. The molecule has 0 aliphatic carbocycles. The monoisotopic (exact) mass is 283 g/mol. The van der Waals surface area contributed by atoms with Gasteiger partial charge in [0.05, 0.1) is 16.4 Å². The second-order valence-corrected chi connectivity index (χ2v) is 4.57. The number of rotatable bonds is 3. The van der Waals surface area contributed by atoms with Crippen LogP contribution in [0.25, 0.3) is 5.82 Å². The van der Waals surface area contributed by atoms with Crippen LogP contribution in [0.5, 0.6) is 0 Å². The summed E-state index contributed by atoms with van der Waals surface area (Å²) in [7, 11) is 1.91. The average molecular weight is 284 g/mol. The van der Waals surface area contributed by atoms with E-state index in [1.807, 2.05) is 29.5 Å². The van der Waals surface area contributed by atoms with E-state index in [-0.39, 0.29) is 0 Å². The molecule has 0 atom stereocenters. The molecule has 0 spiro atoms. The van der Waals surface area contributed by atoms with Crippen LogP contribution in [0.2, 0.25) is 0 Å². The molecular weight excluding hydrogens is 270 g/mol. The van der Waals surface area contributed by atoms with Crippen molar-refractivity contribution in [3.63, 3.8) is 0 Å². The molecule has 0 bridgehead atoms. The average Bonchev–Trinajstić information content (AvgIpc) is 2.73. The number of aromatic nitrogens is 4. The van der Waals surface area contributed by atoms with Crippen molar-refractivity contribution >= 4 is 15.9 Å². The molecule has 0 aliphatic heterocycles. The van der Waals surface area contributed by atoms with Crippen LogP contribution in [-0.2, 0) is 13.5 Å². The zero-order valence-electron chi connectivity index (χ0n) is 9.31. The predicted molar refractivity (Wildman–Crippen MR) is 65.5 cm³/mol. The lowest BCUT2D eigenvalue weighted by Crippen LogP contribution is -2.09. The summed E-state index contributed by atoms with van der Waals surface area (Å²) in [4.78, 5) is 0. The Morgan fingerprint density at radius 2 is 2.25 bits per heavy atom. The molecule has 0 saturated carbocycles. The third kappa shape index (κ3) is 1.90. The molecule has 2 heterocycles. The standard InChI is InChI=1S/C10H14BrN5/c1-7-9(3-4-12)10(15(2)14-7)16-6-8(11)5-13-16/h5-6H,3-4,12H2,1-2H3. The van der Waals surface area contributed by atoms with Gasteiger partial charge < -0.3 is 5.73 Å². The second kappa shape index (κ2) is 4.39. The van der Waals surface area contributed by atoms with E-state index in [1.165, 1.54) is 0 Å². The second-order valence-electron chi connectivity index (χ2n) is 3.65. The van der Waals surface area contributed by atoms with Crippen molar-refractivity contribution < 1.29 is 0 Å². The molecule has 5 nitrogen and oxygen atoms in total. The molecule has 6 heteroatoms. The summed E-state index contributed by atoms with van der Waals surface area (Å²) >= 11 is 3.39. The summed E-state index contributed by atoms with van der Waals surface area (Å²) in [6, 6.07) is 0. The van der Waals surface area contributed by atoms with Crippen LogP contribution in [0.4, 0.5) is 0 Å². The van der Waals surface area contributed by atoms with Crippen LogP contribution < -0.4 is 5.73 Å². The zero-order chi connectivity index (χ0) is 11.7. The predicted octanol–water partition coefficient (Wildman–Crippen LogP) is 1.18. The Kier molecular flexibility index (Phi) is 3.11. The quantitative estimate of drug-likeness (QED) is 0.920. The molecule has 0 saturated heterocycles. The largest absolute Gasteiger partial charge is 0.330 e. The van der Waals surface area contributed by atoms with Gasteiger partial charge in [-0.3, -0.25) is 4.68 Å². The van der Waals surface area contributed by atoms with Crippen LogP contribution in [0, 0.1) is 6.92 Å². The van der Waals surface area contributed by atoms with Gasteiger partial charge in [-0.1, -0.05) is 0 Å². The summed E-state index contributed by atoms with van der Waals surface area (Å²) in [5.74, 6) is 0.980. The fourth-order valence-electron chi connectivity index (χ4n) is 1.83. The Morgan fingerprint density at radius 3 is 2.81 bits per heavy atom. The third-order valence-electron chi connectivity index (χ3n) is 2.48. The van der Waals surface area contributed by atoms with Crippen molar-refractivity contribution in [2.45, 2.75) is 13.3 Å². The van der Waals surface area contributed by atoms with Crippen molar-refractivity contribution in [1.82, 2.24) is 19.6 Å². The van der Waals surface area contributed by atoms with Gasteiger partial charge in [0.15, 0.2) is 5.82 Å². The van der Waals surface area contributed by atoms with E-state index >= 15 is 0 Å². The highest BCUT2D eigenvalue weighted by Gasteiger charge is 2.14. The number of nitrogens with zero attached hydrogens (tertiary/aromatic N) is 4. The lowest BCUT2D eigenvalue weighted by molar-refractivity contribution is 0.690. The maximum Gasteiger partial charge on any atom is 0.155 e. The molecule has 16 heavy (non-hydrogen) atoms. The molecule has 2 aromatic heterocycles. The first-order valence-electron chi connectivity index (χ1n) is 5.06. The van der Waals surface area contributed by atoms with Gasteiger partial charge in [0, 0.05) is 18.8 Å². The number of hydrogen-bond acceptors (Lipinski definition) is 3. The van der Waals surface area contributed by atoms with Gasteiger partial charge >= 0.3 is 0 Å². The van der Waals surface area contributed by atoms with Gasteiger partial charge in [-0.15, -0.1) is 0 Å². The minimum absolute atomic E-state index is 0.613. The fraction of sp³-hybridized carbons (Fsp3) is 0.400. The lowest BCUT2D eigenvalue weighted by atomic mass is 10.2. The SMILES string of the molecule is Cc1nn(C)c(-n2cc(Br)cn2)c1CCN. The van der Waals surface area contributed by atoms with Gasteiger partial charge in [-0.05, 0) is 35.8 Å². The topological polar surface area (TPSA) is 61.7 Å². The van der Waals surface area contributed by atoms with Crippen LogP contribution >= 0.6 is 15.9 Å². The normalized spacial score (nSPS) is 11.0. The van der Waals surface area contributed by atoms with E-state index in [2.05, 4.69) is 26.1 Å². The first kappa shape index (κ1) is 11.3. The summed E-state index contributed by atoms with van der Waals surface area (Å²) < 4.78 is 4.60. The minimum Gasteiger partial charge on any atom is -0.330 e. The Hall–Kier alpha value is -1.14. The fourth-order valence-corrected chi connectivity index (χ4v) is 2.12. The van der Waals surface area contributed by atoms with Crippen LogP contribution in [-0.4, -0.2) is 26.1 Å². The van der Waals surface area contributed by atoms with E-state index in [1.54, 1.807) is 6.20 Å². The number of nitrogens with two attached hydrogens (primary N) is 1. The van der Waals surface area contributed by atoms with Crippen molar-refractivity contribution in [3.05, 3.63) is 28.1 Å². The molecule has 2 rings (SSSR count). The zero-order valence-corrected chi connectivity index (χ0v) is 10.9. The van der Waals surface area contributed by atoms with Crippen LogP contribution in [0.15, 0.2) is 16.9 Å². The first-order valence-corrected chi connectivity index (χ1v) is 5.86. The highest BCUT2D eigenvalue weighted by atomic mass is 79.9. The summed E-state index contributed by atoms with van der Waals surface area (Å²) in [5.41, 5.74) is 7.78. The maximum atomic E-state index is 5.61. The molecule has 0 radical (unpaired) electrons. The molecule has 2 N–H and O–H groups in total. The summed E-state index contributed by atoms with van der Waals surface area (Å²) in [6.07, 6.45) is 4.48. The molecular formula is C10H14BrN5. The Labute approximate surface area is 102 Å². The lowest BCUT2D eigenvalue weighted by Gasteiger charge is -2.05. The van der Waals surface area contributed by atoms with E-state index in [4.69, 9.17) is 5.73 Å². The van der Waals surface area contributed by atoms with Gasteiger partial charge in [-0.2, -0.15) is 10.2 Å². The van der Waals surface area contributed by atoms with Crippen molar-refractivity contribution in [1.29, 1.82) is 0 Å². The molecule has 0 amide bonds. The Morgan fingerprint density at radius 1 is 1.50 bits per heavy atom. The van der Waals surface area contributed by atoms with Crippen molar-refractivity contribution in [2.75, 3.05) is 6.54 Å². The maximum absolute atomic E-state index is 5.61. The van der Waals surface area contributed by atoms with Gasteiger partial charge in [0.25, 0.3) is 0 Å². The Balaban J connectivity index is 2.54. The van der Waals surface area contributed by atoms with Gasteiger partial charge in [0.2, 0.25) is 0 Å². The number of aryl methyl sites for hydroxylation is 2. The van der Waals surface area contributed by atoms with Crippen molar-refractivity contribution in [2.24, 2.45) is 12.8 Å². The smallest absolute Gasteiger partial charge is 0.155 e. The van der Waals surface area contributed by atoms with E-state index in [0.717, 1.165) is 28.0 Å². The highest BCUT2D eigenvalue weighted by molar-refractivity contribution is 9.10. The highest BCUT2D eigenvalue weighted by Crippen LogP contribution is 2.19. The third-order valence-corrected chi connectivity index (χ3v) is 2.89. The number of halogens is 1. The van der Waals surface area contributed by atoms with E-state index in [9.17, 15) is 0 Å². The van der Waals surface area contributed by atoms with Gasteiger partial charge in [0.1, 0.15) is 0 Å². The first-order chi connectivity index (χ1) is 7.63. The van der Waals surface area contributed by atoms with E-state index in [0.29, 0.717) is 6.54 Å². The van der Waals surface area contributed by atoms with Crippen LogP contribution in [0.1, 0.15) is 11.3 Å². The molecule has 0 aromatic carbocycles. The molecule has 0 aliphatic rings. The molecule has 0 fully saturated rings. The molecule has 2 aromatic rings. The van der Waals surface area contributed by atoms with Gasteiger partial charge in [-0.25, -0.2) is 4.68 Å². The summed E-state index contributed by atoms with van der Waals surface area (Å²) in [5, 5.41) is 8.67. The minimum atomic E-state index is 0.613. The Bertz CT molecular complexity index is 499.